The standard InChI is InChI=1S/C33H29F2N5O6/c1-43-28-15-21-24(16-29(28)45-20-11-13-44-17-20)36-18-37-32(21)46-27-10-9-19(14-23(27)35)38-31(41)30-26-8-4-5-12-39(26)40(33(30)42)25-7-3-2-6-22(25)34/h2-3,6-7,9-10,14-16,18,20H,4-5,8,11-13,17H2,1H3,(H,38,41)/t20-/m0/s1. The molecule has 0 spiro atoms. The number of ether oxygens (including phenoxy) is 4. The molecule has 0 bridgehead atoms. The van der Waals surface area contributed by atoms with E-state index in [2.05, 4.69) is 15.3 Å². The highest BCUT2D eigenvalue weighted by atomic mass is 19.1. The summed E-state index contributed by atoms with van der Waals surface area (Å²) in [6, 6.07) is 13.2. The van der Waals surface area contributed by atoms with Gasteiger partial charge < -0.3 is 24.3 Å². The number of carbonyl (C=O) groups is 1. The van der Waals surface area contributed by atoms with Crippen molar-refractivity contribution in [3.63, 3.8) is 0 Å². The van der Waals surface area contributed by atoms with Gasteiger partial charge in [0.1, 0.15) is 29.5 Å². The molecule has 13 heteroatoms. The first-order valence-electron chi connectivity index (χ1n) is 14.9. The fourth-order valence-corrected chi connectivity index (χ4v) is 5.84. The zero-order chi connectivity index (χ0) is 31.8. The maximum absolute atomic E-state index is 15.4. The number of amides is 1. The fourth-order valence-electron chi connectivity index (χ4n) is 5.84. The molecule has 2 aliphatic rings. The lowest BCUT2D eigenvalue weighted by molar-refractivity contribution is 0.102. The second-order valence-corrected chi connectivity index (χ2v) is 11.0. The first-order valence-corrected chi connectivity index (χ1v) is 14.9. The van der Waals surface area contributed by atoms with Crippen molar-refractivity contribution in [1.82, 2.24) is 19.3 Å². The van der Waals surface area contributed by atoms with Crippen molar-refractivity contribution in [2.24, 2.45) is 0 Å². The van der Waals surface area contributed by atoms with Crippen LogP contribution in [-0.4, -0.2) is 51.7 Å². The summed E-state index contributed by atoms with van der Waals surface area (Å²) in [6.45, 7) is 1.56. The van der Waals surface area contributed by atoms with E-state index in [9.17, 15) is 14.0 Å². The summed E-state index contributed by atoms with van der Waals surface area (Å²) in [6.07, 6.45) is 3.98. The minimum absolute atomic E-state index is 0.0595. The highest BCUT2D eigenvalue weighted by molar-refractivity contribution is 6.05. The normalized spacial score (nSPS) is 15.8. The molecule has 1 saturated heterocycles. The summed E-state index contributed by atoms with van der Waals surface area (Å²) in [5.41, 5.74) is 0.429. The average Bonchev–Trinajstić information content (AvgIpc) is 3.67. The predicted octanol–water partition coefficient (Wildman–Crippen LogP) is 5.42. The van der Waals surface area contributed by atoms with Gasteiger partial charge in [-0.3, -0.25) is 14.3 Å². The molecule has 2 aliphatic heterocycles. The Hall–Kier alpha value is -5.30. The van der Waals surface area contributed by atoms with E-state index in [1.165, 1.54) is 48.5 Å². The number of nitrogens with one attached hydrogen (secondary N) is 1. The third-order valence-electron chi connectivity index (χ3n) is 8.05. The Balaban J connectivity index is 1.14. The van der Waals surface area contributed by atoms with E-state index in [0.29, 0.717) is 54.3 Å². The lowest BCUT2D eigenvalue weighted by Crippen LogP contribution is -2.26. The van der Waals surface area contributed by atoms with Gasteiger partial charge in [-0.1, -0.05) is 12.1 Å². The number of anilines is 1. The highest BCUT2D eigenvalue weighted by Gasteiger charge is 2.29. The Kier molecular flexibility index (Phi) is 7.83. The van der Waals surface area contributed by atoms with Crippen LogP contribution < -0.4 is 25.1 Å². The van der Waals surface area contributed by atoms with Gasteiger partial charge in [-0.05, 0) is 49.6 Å². The number of halogens is 2. The minimum atomic E-state index is -0.777. The SMILES string of the molecule is COc1cc2c(Oc3ccc(NC(=O)c4c5n(n(-c6ccccc6F)c4=O)CCCC5)cc3F)ncnc2cc1O[C@H]1CCOC1. The van der Waals surface area contributed by atoms with E-state index in [1.807, 2.05) is 0 Å². The molecule has 0 unspecified atom stereocenters. The first-order chi connectivity index (χ1) is 22.4. The van der Waals surface area contributed by atoms with Crippen molar-refractivity contribution >= 4 is 22.5 Å². The van der Waals surface area contributed by atoms with Gasteiger partial charge in [0.25, 0.3) is 11.5 Å². The molecule has 1 fully saturated rings. The summed E-state index contributed by atoms with van der Waals surface area (Å²) >= 11 is 0. The molecule has 46 heavy (non-hydrogen) atoms. The third kappa shape index (κ3) is 5.42. The maximum Gasteiger partial charge on any atom is 0.284 e. The molecule has 1 N–H and O–H groups in total. The second-order valence-electron chi connectivity index (χ2n) is 11.0. The van der Waals surface area contributed by atoms with E-state index < -0.39 is 23.1 Å². The Morgan fingerprint density at radius 1 is 1.02 bits per heavy atom. The van der Waals surface area contributed by atoms with Gasteiger partial charge in [0.15, 0.2) is 23.1 Å². The number of fused-ring (bicyclic) bond motifs is 2. The number of carbonyl (C=O) groups excluding carboxylic acids is 1. The molecular weight excluding hydrogens is 600 g/mol. The highest BCUT2D eigenvalue weighted by Crippen LogP contribution is 2.37. The second kappa shape index (κ2) is 12.2. The van der Waals surface area contributed by atoms with Crippen molar-refractivity contribution in [2.45, 2.75) is 38.3 Å². The van der Waals surface area contributed by atoms with Crippen molar-refractivity contribution < 1.29 is 32.5 Å². The number of rotatable bonds is 8. The monoisotopic (exact) mass is 629 g/mol. The van der Waals surface area contributed by atoms with E-state index in [0.717, 1.165) is 25.3 Å². The first kappa shape index (κ1) is 29.4. The average molecular weight is 630 g/mol. The molecule has 236 valence electrons. The van der Waals surface area contributed by atoms with Crippen LogP contribution in [0.15, 0.2) is 65.7 Å². The lowest BCUT2D eigenvalue weighted by atomic mass is 10.1. The minimum Gasteiger partial charge on any atom is -0.493 e. The van der Waals surface area contributed by atoms with Crippen LogP contribution in [0.25, 0.3) is 16.6 Å². The number of benzene rings is 3. The van der Waals surface area contributed by atoms with Gasteiger partial charge in [-0.2, -0.15) is 0 Å². The molecule has 1 amide bonds. The van der Waals surface area contributed by atoms with Gasteiger partial charge in [-0.15, -0.1) is 0 Å². The van der Waals surface area contributed by atoms with Gasteiger partial charge in [0, 0.05) is 30.8 Å². The smallest absolute Gasteiger partial charge is 0.284 e. The lowest BCUT2D eigenvalue weighted by Gasteiger charge is -2.19. The van der Waals surface area contributed by atoms with E-state index >= 15 is 4.39 Å². The summed E-state index contributed by atoms with van der Waals surface area (Å²) in [4.78, 5) is 35.4. The van der Waals surface area contributed by atoms with E-state index in [4.69, 9.17) is 18.9 Å². The largest absolute Gasteiger partial charge is 0.493 e. The van der Waals surface area contributed by atoms with Crippen LogP contribution in [0.1, 0.15) is 35.3 Å². The van der Waals surface area contributed by atoms with Crippen LogP contribution in [-0.2, 0) is 17.7 Å². The Morgan fingerprint density at radius 3 is 2.67 bits per heavy atom. The van der Waals surface area contributed by atoms with Crippen LogP contribution in [0.4, 0.5) is 14.5 Å². The number of hydrogen-bond acceptors (Lipinski definition) is 8. The summed E-state index contributed by atoms with van der Waals surface area (Å²) in [7, 11) is 1.51. The van der Waals surface area contributed by atoms with Crippen LogP contribution in [0.5, 0.6) is 23.1 Å². The number of hydrogen-bond donors (Lipinski definition) is 1. The summed E-state index contributed by atoms with van der Waals surface area (Å²) in [5, 5.41) is 3.09. The van der Waals surface area contributed by atoms with Gasteiger partial charge in [0.05, 0.1) is 36.9 Å². The van der Waals surface area contributed by atoms with E-state index in [1.54, 1.807) is 22.9 Å². The molecule has 0 aliphatic carbocycles. The third-order valence-corrected chi connectivity index (χ3v) is 8.05. The summed E-state index contributed by atoms with van der Waals surface area (Å²) < 4.78 is 55.7. The quantitative estimate of drug-likeness (QED) is 0.242. The van der Waals surface area contributed by atoms with Crippen LogP contribution in [0.2, 0.25) is 0 Å². The molecule has 0 radical (unpaired) electrons. The molecule has 7 rings (SSSR count). The van der Waals surface area contributed by atoms with Crippen molar-refractivity contribution in [2.75, 3.05) is 25.6 Å². The summed E-state index contributed by atoms with van der Waals surface area (Å²) in [5.74, 6) is -1.21. The predicted molar refractivity (Wildman–Crippen MR) is 163 cm³/mol. The molecular formula is C33H29F2N5O6. The molecule has 1 atom stereocenters. The Labute approximate surface area is 261 Å². The number of methoxy groups -OCH3 is 1. The number of para-hydroxylation sites is 1. The van der Waals surface area contributed by atoms with E-state index in [-0.39, 0.29) is 34.7 Å². The van der Waals surface area contributed by atoms with Crippen LogP contribution in [0, 0.1) is 11.6 Å². The molecule has 11 nitrogen and oxygen atoms in total. The Morgan fingerprint density at radius 2 is 1.89 bits per heavy atom. The number of nitrogens with zero attached hydrogens (tertiary/aromatic N) is 4. The van der Waals surface area contributed by atoms with Gasteiger partial charge in [0.2, 0.25) is 5.88 Å². The molecule has 4 heterocycles. The topological polar surface area (TPSA) is 119 Å². The fraction of sp³-hybridized carbons (Fsp3) is 0.273. The molecule has 0 saturated carbocycles. The van der Waals surface area contributed by atoms with Crippen LogP contribution >= 0.6 is 0 Å². The Bertz CT molecular complexity index is 2020. The molecule has 2 aromatic heterocycles. The van der Waals surface area contributed by atoms with Gasteiger partial charge >= 0.3 is 0 Å². The molecule has 5 aromatic rings. The van der Waals surface area contributed by atoms with Gasteiger partial charge in [-0.25, -0.2) is 23.4 Å². The van der Waals surface area contributed by atoms with Crippen LogP contribution in [0.3, 0.4) is 0 Å². The number of aromatic nitrogens is 4. The van der Waals surface area contributed by atoms with Crippen molar-refractivity contribution in [3.8, 4) is 28.8 Å². The van der Waals surface area contributed by atoms with Crippen molar-refractivity contribution in [3.05, 3.63) is 94.2 Å². The molecule has 3 aromatic carbocycles. The zero-order valence-corrected chi connectivity index (χ0v) is 24.8. The maximum atomic E-state index is 15.4. The zero-order valence-electron chi connectivity index (χ0n) is 24.8. The van der Waals surface area contributed by atoms with Crippen molar-refractivity contribution in [1.29, 1.82) is 0 Å².